The first kappa shape index (κ1) is 10.1. The highest BCUT2D eigenvalue weighted by Gasteiger charge is 2.14. The highest BCUT2D eigenvalue weighted by molar-refractivity contribution is 7.09. The smallest absolute Gasteiger partial charge is 0.357 e. The Kier molecular flexibility index (Phi) is 3.35. The summed E-state index contributed by atoms with van der Waals surface area (Å²) in [6.45, 7) is -0.186. The number of esters is 1. The molecule has 1 atom stereocenters. The summed E-state index contributed by atoms with van der Waals surface area (Å²) < 4.78 is 4.46. The lowest BCUT2D eigenvalue weighted by Crippen LogP contribution is -2.14. The Labute approximate surface area is 79.2 Å². The Balaban J connectivity index is 2.80. The van der Waals surface area contributed by atoms with Gasteiger partial charge in [-0.3, -0.25) is 0 Å². The molecule has 1 aromatic rings. The maximum absolute atomic E-state index is 11.0. The van der Waals surface area contributed by atoms with E-state index < -0.39 is 12.0 Å². The lowest BCUT2D eigenvalue weighted by molar-refractivity contribution is 0.0594. The molecule has 6 heteroatoms. The van der Waals surface area contributed by atoms with Crippen molar-refractivity contribution < 1.29 is 14.6 Å². The average molecular weight is 202 g/mol. The van der Waals surface area contributed by atoms with Crippen LogP contribution in [0.1, 0.15) is 21.5 Å². The molecule has 0 spiro atoms. The van der Waals surface area contributed by atoms with Crippen molar-refractivity contribution in [2.75, 3.05) is 13.7 Å². The third kappa shape index (κ3) is 2.24. The number of thiazole rings is 1. The number of hydrogen-bond donors (Lipinski definition) is 2. The fourth-order valence-corrected chi connectivity index (χ4v) is 1.52. The van der Waals surface area contributed by atoms with Gasteiger partial charge >= 0.3 is 5.97 Å². The fourth-order valence-electron chi connectivity index (χ4n) is 0.734. The van der Waals surface area contributed by atoms with Crippen LogP contribution < -0.4 is 5.73 Å². The second-order valence-electron chi connectivity index (χ2n) is 2.35. The number of carbonyl (C=O) groups excluding carboxylic acids is 1. The molecule has 0 fully saturated rings. The number of aromatic nitrogens is 1. The van der Waals surface area contributed by atoms with Gasteiger partial charge in [0.25, 0.3) is 0 Å². The highest BCUT2D eigenvalue weighted by Crippen LogP contribution is 2.16. The van der Waals surface area contributed by atoms with E-state index in [2.05, 4.69) is 9.72 Å². The summed E-state index contributed by atoms with van der Waals surface area (Å²) in [5.41, 5.74) is 5.72. The highest BCUT2D eigenvalue weighted by atomic mass is 32.1. The van der Waals surface area contributed by atoms with Crippen LogP contribution in [0, 0.1) is 0 Å². The maximum atomic E-state index is 11.0. The van der Waals surface area contributed by atoms with Crippen molar-refractivity contribution in [3.63, 3.8) is 0 Å². The summed E-state index contributed by atoms with van der Waals surface area (Å²) in [5, 5.41) is 10.8. The normalized spacial score (nSPS) is 12.5. The van der Waals surface area contributed by atoms with Gasteiger partial charge in [-0.2, -0.15) is 0 Å². The number of ether oxygens (including phenoxy) is 1. The van der Waals surface area contributed by atoms with Gasteiger partial charge in [-0.25, -0.2) is 9.78 Å². The van der Waals surface area contributed by atoms with Crippen LogP contribution in [0.4, 0.5) is 0 Å². The molecule has 13 heavy (non-hydrogen) atoms. The van der Waals surface area contributed by atoms with Gasteiger partial charge in [0.15, 0.2) is 5.69 Å². The van der Waals surface area contributed by atoms with Gasteiger partial charge in [0.1, 0.15) is 5.01 Å². The van der Waals surface area contributed by atoms with E-state index in [0.717, 1.165) is 0 Å². The zero-order valence-electron chi connectivity index (χ0n) is 7.06. The number of aliphatic hydroxyl groups excluding tert-OH is 1. The predicted molar refractivity (Wildman–Crippen MR) is 47.5 cm³/mol. The first-order valence-corrected chi connectivity index (χ1v) is 4.47. The lowest BCUT2D eigenvalue weighted by Gasteiger charge is -2.01. The van der Waals surface area contributed by atoms with Crippen LogP contribution in [0.15, 0.2) is 5.38 Å². The second kappa shape index (κ2) is 4.31. The lowest BCUT2D eigenvalue weighted by atomic mass is 10.3. The number of methoxy groups -OCH3 is 1. The summed E-state index contributed by atoms with van der Waals surface area (Å²) in [6.07, 6.45) is 0. The molecule has 1 unspecified atom stereocenters. The van der Waals surface area contributed by atoms with E-state index in [9.17, 15) is 4.79 Å². The molecule has 0 aliphatic heterocycles. The molecule has 0 aliphatic rings. The monoisotopic (exact) mass is 202 g/mol. The quantitative estimate of drug-likeness (QED) is 0.670. The molecule has 0 radical (unpaired) electrons. The minimum Gasteiger partial charge on any atom is -0.464 e. The van der Waals surface area contributed by atoms with Gasteiger partial charge in [-0.1, -0.05) is 0 Å². The Morgan fingerprint density at radius 1 is 1.92 bits per heavy atom. The molecule has 5 nitrogen and oxygen atoms in total. The van der Waals surface area contributed by atoms with E-state index in [1.54, 1.807) is 5.38 Å². The molecule has 0 amide bonds. The van der Waals surface area contributed by atoms with Gasteiger partial charge in [-0.15, -0.1) is 11.3 Å². The van der Waals surface area contributed by atoms with Crippen LogP contribution in [-0.2, 0) is 4.74 Å². The third-order valence-electron chi connectivity index (χ3n) is 1.43. The molecular weight excluding hydrogens is 192 g/mol. The second-order valence-corrected chi connectivity index (χ2v) is 3.24. The number of carbonyl (C=O) groups is 1. The van der Waals surface area contributed by atoms with Crippen LogP contribution in [0.25, 0.3) is 0 Å². The van der Waals surface area contributed by atoms with Crippen molar-refractivity contribution in [1.29, 1.82) is 0 Å². The maximum Gasteiger partial charge on any atom is 0.357 e. The van der Waals surface area contributed by atoms with Crippen molar-refractivity contribution in [2.24, 2.45) is 5.73 Å². The molecule has 0 saturated heterocycles. The number of hydrogen-bond acceptors (Lipinski definition) is 6. The summed E-state index contributed by atoms with van der Waals surface area (Å²) in [4.78, 5) is 14.9. The van der Waals surface area contributed by atoms with Crippen molar-refractivity contribution in [3.05, 3.63) is 16.1 Å². The van der Waals surface area contributed by atoms with E-state index >= 15 is 0 Å². The van der Waals surface area contributed by atoms with E-state index in [-0.39, 0.29) is 12.3 Å². The van der Waals surface area contributed by atoms with E-state index in [4.69, 9.17) is 10.8 Å². The molecule has 1 rings (SSSR count). The molecule has 0 aliphatic carbocycles. The zero-order chi connectivity index (χ0) is 9.84. The standard InChI is InChI=1S/C7H10N2O3S/c1-12-7(11)5-3-13-6(9-5)4(8)2-10/h3-4,10H,2,8H2,1H3. The summed E-state index contributed by atoms with van der Waals surface area (Å²) >= 11 is 1.23. The number of nitrogens with two attached hydrogens (primary N) is 1. The van der Waals surface area contributed by atoms with Gasteiger partial charge in [0.05, 0.1) is 19.8 Å². The Hall–Kier alpha value is -0.980. The summed E-state index contributed by atoms with van der Waals surface area (Å²) in [6, 6.07) is -0.525. The van der Waals surface area contributed by atoms with E-state index in [1.807, 2.05) is 0 Å². The first-order valence-electron chi connectivity index (χ1n) is 3.59. The largest absolute Gasteiger partial charge is 0.464 e. The average Bonchev–Trinajstić information content (AvgIpc) is 2.64. The minimum atomic E-state index is -0.525. The van der Waals surface area contributed by atoms with Crippen LogP contribution in [0.2, 0.25) is 0 Å². The number of rotatable bonds is 3. The van der Waals surface area contributed by atoms with Crippen LogP contribution in [-0.4, -0.2) is 29.8 Å². The van der Waals surface area contributed by atoms with Crippen LogP contribution in [0.5, 0.6) is 0 Å². The van der Waals surface area contributed by atoms with Crippen LogP contribution in [0.3, 0.4) is 0 Å². The van der Waals surface area contributed by atoms with Crippen molar-refractivity contribution in [3.8, 4) is 0 Å². The first-order chi connectivity index (χ1) is 6.19. The molecule has 72 valence electrons. The molecule has 0 aromatic carbocycles. The topological polar surface area (TPSA) is 85.4 Å². The molecular formula is C7H10N2O3S. The predicted octanol–water partition coefficient (Wildman–Crippen LogP) is -0.0782. The third-order valence-corrected chi connectivity index (χ3v) is 2.41. The molecule has 3 N–H and O–H groups in total. The van der Waals surface area contributed by atoms with Gasteiger partial charge in [0, 0.05) is 5.38 Å². The molecule has 0 saturated carbocycles. The minimum absolute atomic E-state index is 0.186. The van der Waals surface area contributed by atoms with E-state index in [1.165, 1.54) is 18.4 Å². The van der Waals surface area contributed by atoms with Gasteiger partial charge < -0.3 is 15.6 Å². The van der Waals surface area contributed by atoms with E-state index in [0.29, 0.717) is 5.01 Å². The summed E-state index contributed by atoms with van der Waals surface area (Å²) in [7, 11) is 1.29. The SMILES string of the molecule is COC(=O)c1csc(C(N)CO)n1. The number of aliphatic hydroxyl groups is 1. The zero-order valence-corrected chi connectivity index (χ0v) is 7.87. The Morgan fingerprint density at radius 2 is 2.62 bits per heavy atom. The number of nitrogens with zero attached hydrogens (tertiary/aromatic N) is 1. The molecule has 1 heterocycles. The van der Waals surface area contributed by atoms with Crippen LogP contribution >= 0.6 is 11.3 Å². The molecule has 1 aromatic heterocycles. The van der Waals surface area contributed by atoms with Crippen molar-refractivity contribution in [2.45, 2.75) is 6.04 Å². The fraction of sp³-hybridized carbons (Fsp3) is 0.429. The van der Waals surface area contributed by atoms with Gasteiger partial charge in [-0.05, 0) is 0 Å². The van der Waals surface area contributed by atoms with Gasteiger partial charge in [0.2, 0.25) is 0 Å². The Bertz CT molecular complexity index is 300. The van der Waals surface area contributed by atoms with Crippen molar-refractivity contribution >= 4 is 17.3 Å². The van der Waals surface area contributed by atoms with Crippen molar-refractivity contribution in [1.82, 2.24) is 4.98 Å². The summed E-state index contributed by atoms with van der Waals surface area (Å²) in [5.74, 6) is -0.493. The Morgan fingerprint density at radius 3 is 3.15 bits per heavy atom. The molecule has 0 bridgehead atoms.